The Balaban J connectivity index is 2.02. The average Bonchev–Trinajstić information content (AvgIpc) is 2.73. The molecule has 0 spiro atoms. The van der Waals surface area contributed by atoms with Gasteiger partial charge in [-0.3, -0.25) is 4.79 Å². The van der Waals surface area contributed by atoms with E-state index in [2.05, 4.69) is 46.5 Å². The average molecular weight is 345 g/mol. The Morgan fingerprint density at radius 3 is 2.95 bits per heavy atom. The van der Waals surface area contributed by atoms with Crippen LogP contribution in [0.2, 0.25) is 0 Å². The van der Waals surface area contributed by atoms with E-state index in [1.807, 2.05) is 11.9 Å². The van der Waals surface area contributed by atoms with Crippen molar-refractivity contribution in [1.82, 2.24) is 10.2 Å². The molecule has 5 heteroatoms. The lowest BCUT2D eigenvalue weighted by molar-refractivity contribution is -0.136. The number of halogens is 1. The monoisotopic (exact) mass is 344 g/mol. The molecule has 0 aromatic carbocycles. The lowest BCUT2D eigenvalue weighted by Gasteiger charge is -2.40. The molecule has 1 amide bonds. The van der Waals surface area contributed by atoms with E-state index >= 15 is 0 Å². The van der Waals surface area contributed by atoms with Crippen molar-refractivity contribution in [2.75, 3.05) is 13.6 Å². The Hall–Kier alpha value is -0.390. The number of carbonyl (C=O) groups is 1. The van der Waals surface area contributed by atoms with Crippen LogP contribution in [-0.4, -0.2) is 30.4 Å². The second-order valence-electron chi connectivity index (χ2n) is 5.93. The van der Waals surface area contributed by atoms with E-state index in [1.54, 1.807) is 11.3 Å². The van der Waals surface area contributed by atoms with Gasteiger partial charge in [-0.1, -0.05) is 13.8 Å². The van der Waals surface area contributed by atoms with Crippen LogP contribution in [-0.2, 0) is 11.3 Å². The summed E-state index contributed by atoms with van der Waals surface area (Å²) in [5.41, 5.74) is 1.22. The zero-order valence-electron chi connectivity index (χ0n) is 11.7. The molecular formula is C14H21BrN2OS. The van der Waals surface area contributed by atoms with E-state index in [9.17, 15) is 4.79 Å². The molecule has 1 aliphatic heterocycles. The van der Waals surface area contributed by atoms with Gasteiger partial charge in [-0.2, -0.15) is 0 Å². The summed E-state index contributed by atoms with van der Waals surface area (Å²) in [5.74, 6) is 0.201. The highest BCUT2D eigenvalue weighted by atomic mass is 79.9. The molecule has 1 N–H and O–H groups in total. The number of carbonyl (C=O) groups excluding carboxylic acids is 1. The third-order valence-electron chi connectivity index (χ3n) is 3.79. The minimum absolute atomic E-state index is 0.0405. The van der Waals surface area contributed by atoms with E-state index < -0.39 is 0 Å². The zero-order valence-corrected chi connectivity index (χ0v) is 14.1. The summed E-state index contributed by atoms with van der Waals surface area (Å²) < 4.78 is 1.11. The van der Waals surface area contributed by atoms with Crippen LogP contribution in [0.4, 0.5) is 0 Å². The van der Waals surface area contributed by atoms with Gasteiger partial charge in [-0.05, 0) is 57.7 Å². The molecule has 0 bridgehead atoms. The maximum Gasteiger partial charge on any atom is 0.240 e. The standard InChI is InChI=1S/C14H21BrN2OS/c1-14(2)5-4-6-16-12(14)13(18)17(3)8-10-7-11(15)19-9-10/h7,9,12,16H,4-6,8H2,1-3H3. The van der Waals surface area contributed by atoms with Gasteiger partial charge in [0.05, 0.1) is 9.83 Å². The Labute approximate surface area is 127 Å². The van der Waals surface area contributed by atoms with Crippen LogP contribution in [0.5, 0.6) is 0 Å². The highest BCUT2D eigenvalue weighted by molar-refractivity contribution is 9.11. The second-order valence-corrected chi connectivity index (χ2v) is 8.22. The van der Waals surface area contributed by atoms with Crippen LogP contribution in [0.1, 0.15) is 32.3 Å². The molecule has 1 unspecified atom stereocenters. The fourth-order valence-corrected chi connectivity index (χ4v) is 3.83. The lowest BCUT2D eigenvalue weighted by atomic mass is 9.77. The maximum absolute atomic E-state index is 12.6. The van der Waals surface area contributed by atoms with Gasteiger partial charge in [-0.25, -0.2) is 0 Å². The molecule has 2 rings (SSSR count). The molecule has 19 heavy (non-hydrogen) atoms. The molecular weight excluding hydrogens is 324 g/mol. The molecule has 1 aliphatic rings. The first kappa shape index (κ1) is 15.0. The normalized spacial score (nSPS) is 22.2. The van der Waals surface area contributed by atoms with Gasteiger partial charge in [0.15, 0.2) is 0 Å². The van der Waals surface area contributed by atoms with Crippen molar-refractivity contribution in [3.05, 3.63) is 20.8 Å². The van der Waals surface area contributed by atoms with Gasteiger partial charge in [-0.15, -0.1) is 11.3 Å². The Morgan fingerprint density at radius 2 is 2.37 bits per heavy atom. The summed E-state index contributed by atoms with van der Waals surface area (Å²) in [5, 5.41) is 5.47. The van der Waals surface area contributed by atoms with Crippen molar-refractivity contribution < 1.29 is 4.79 Å². The van der Waals surface area contributed by atoms with E-state index in [0.29, 0.717) is 6.54 Å². The first-order valence-corrected chi connectivity index (χ1v) is 8.29. The molecule has 1 atom stereocenters. The second kappa shape index (κ2) is 5.94. The summed E-state index contributed by atoms with van der Waals surface area (Å²) in [6, 6.07) is 2.02. The van der Waals surface area contributed by atoms with Gasteiger partial charge in [0.1, 0.15) is 0 Å². The number of likely N-dealkylation sites (N-methyl/N-ethyl adjacent to an activating group) is 1. The summed E-state index contributed by atoms with van der Waals surface area (Å²) in [7, 11) is 1.89. The smallest absolute Gasteiger partial charge is 0.240 e. The highest BCUT2D eigenvalue weighted by Gasteiger charge is 2.38. The van der Waals surface area contributed by atoms with Gasteiger partial charge >= 0.3 is 0 Å². The molecule has 0 aliphatic carbocycles. The van der Waals surface area contributed by atoms with Crippen LogP contribution in [0.25, 0.3) is 0 Å². The molecule has 1 aromatic heterocycles. The van der Waals surface area contributed by atoms with Crippen molar-refractivity contribution in [3.8, 4) is 0 Å². The van der Waals surface area contributed by atoms with Crippen molar-refractivity contribution in [2.24, 2.45) is 5.41 Å². The number of hydrogen-bond acceptors (Lipinski definition) is 3. The van der Waals surface area contributed by atoms with E-state index in [-0.39, 0.29) is 17.4 Å². The molecule has 106 valence electrons. The van der Waals surface area contributed by atoms with Crippen molar-refractivity contribution >= 4 is 33.2 Å². The van der Waals surface area contributed by atoms with Crippen molar-refractivity contribution in [2.45, 2.75) is 39.3 Å². The summed E-state index contributed by atoms with van der Waals surface area (Å²) >= 11 is 5.11. The number of amides is 1. The number of rotatable bonds is 3. The van der Waals surface area contributed by atoms with E-state index in [4.69, 9.17) is 0 Å². The molecule has 3 nitrogen and oxygen atoms in total. The molecule has 0 saturated carbocycles. The Bertz CT molecular complexity index is 458. The lowest BCUT2D eigenvalue weighted by Crippen LogP contribution is -2.55. The van der Waals surface area contributed by atoms with Gasteiger partial charge in [0.2, 0.25) is 5.91 Å². The third kappa shape index (κ3) is 3.58. The number of piperidine rings is 1. The third-order valence-corrected chi connectivity index (χ3v) is 5.35. The van der Waals surface area contributed by atoms with Gasteiger partial charge < -0.3 is 10.2 Å². The molecule has 1 aromatic rings. The predicted molar refractivity (Wildman–Crippen MR) is 83.3 cm³/mol. The Morgan fingerprint density at radius 1 is 1.63 bits per heavy atom. The zero-order chi connectivity index (χ0) is 14.0. The molecule has 2 heterocycles. The van der Waals surface area contributed by atoms with Crippen LogP contribution < -0.4 is 5.32 Å². The first-order chi connectivity index (χ1) is 8.90. The number of thiophene rings is 1. The maximum atomic E-state index is 12.6. The molecule has 1 fully saturated rings. The van der Waals surface area contributed by atoms with Crippen LogP contribution in [0, 0.1) is 5.41 Å². The van der Waals surface area contributed by atoms with Crippen LogP contribution >= 0.6 is 27.3 Å². The summed E-state index contributed by atoms with van der Waals surface area (Å²) in [4.78, 5) is 14.4. The van der Waals surface area contributed by atoms with Crippen LogP contribution in [0.3, 0.4) is 0 Å². The molecule has 1 saturated heterocycles. The minimum Gasteiger partial charge on any atom is -0.340 e. The topological polar surface area (TPSA) is 32.3 Å². The fourth-order valence-electron chi connectivity index (χ4n) is 2.63. The number of nitrogens with zero attached hydrogens (tertiary/aromatic N) is 1. The Kier molecular flexibility index (Phi) is 4.69. The fraction of sp³-hybridized carbons (Fsp3) is 0.643. The quantitative estimate of drug-likeness (QED) is 0.912. The van der Waals surface area contributed by atoms with E-state index in [1.165, 1.54) is 5.56 Å². The SMILES string of the molecule is CN(Cc1csc(Br)c1)C(=O)C1NCCCC1(C)C. The van der Waals surface area contributed by atoms with Crippen molar-refractivity contribution in [1.29, 1.82) is 0 Å². The molecule has 0 radical (unpaired) electrons. The van der Waals surface area contributed by atoms with Crippen LogP contribution in [0.15, 0.2) is 15.2 Å². The van der Waals surface area contributed by atoms with Crippen molar-refractivity contribution in [3.63, 3.8) is 0 Å². The first-order valence-electron chi connectivity index (χ1n) is 6.61. The van der Waals surface area contributed by atoms with Gasteiger partial charge in [0.25, 0.3) is 0 Å². The van der Waals surface area contributed by atoms with E-state index in [0.717, 1.165) is 23.2 Å². The predicted octanol–water partition coefficient (Wildman–Crippen LogP) is 3.25. The van der Waals surface area contributed by atoms with Gasteiger partial charge in [0, 0.05) is 13.6 Å². The summed E-state index contributed by atoms with van der Waals surface area (Å²) in [6.07, 6.45) is 2.26. The largest absolute Gasteiger partial charge is 0.340 e. The minimum atomic E-state index is -0.0617. The summed E-state index contributed by atoms with van der Waals surface area (Å²) in [6.45, 7) is 5.97. The number of hydrogen-bond donors (Lipinski definition) is 1. The highest BCUT2D eigenvalue weighted by Crippen LogP contribution is 2.31. The number of nitrogens with one attached hydrogen (secondary N) is 1.